The van der Waals surface area contributed by atoms with Crippen LogP contribution in [0.2, 0.25) is 0 Å². The third kappa shape index (κ3) is 3.63. The lowest BCUT2D eigenvalue weighted by Gasteiger charge is -2.37. The SMILES string of the molecule is CCOC(=O)c1cnn(C)c1CN1CC(CN)CCC1C. The number of piperidine rings is 1. The Hall–Kier alpha value is -1.40. The Morgan fingerprint density at radius 2 is 2.29 bits per heavy atom. The molecule has 0 aromatic carbocycles. The van der Waals surface area contributed by atoms with Gasteiger partial charge in [0.15, 0.2) is 0 Å². The van der Waals surface area contributed by atoms with Crippen LogP contribution in [0.15, 0.2) is 6.20 Å². The summed E-state index contributed by atoms with van der Waals surface area (Å²) in [5.74, 6) is 0.251. The van der Waals surface area contributed by atoms with E-state index in [1.54, 1.807) is 10.9 Å². The van der Waals surface area contributed by atoms with Crippen LogP contribution in [0.1, 0.15) is 42.7 Å². The summed E-state index contributed by atoms with van der Waals surface area (Å²) in [7, 11) is 1.87. The fourth-order valence-corrected chi connectivity index (χ4v) is 2.90. The van der Waals surface area contributed by atoms with Crippen molar-refractivity contribution >= 4 is 5.97 Å². The third-order valence-electron chi connectivity index (χ3n) is 4.35. The van der Waals surface area contributed by atoms with Crippen molar-refractivity contribution in [2.45, 2.75) is 39.3 Å². The molecular formula is C15H26N4O2. The Balaban J connectivity index is 2.14. The van der Waals surface area contributed by atoms with Crippen LogP contribution in [0.4, 0.5) is 0 Å². The minimum Gasteiger partial charge on any atom is -0.462 e. The molecule has 1 aliphatic heterocycles. The number of nitrogens with two attached hydrogens (primary N) is 1. The summed E-state index contributed by atoms with van der Waals surface area (Å²) in [5.41, 5.74) is 7.30. The second kappa shape index (κ2) is 7.04. The molecule has 2 atom stereocenters. The molecule has 0 saturated carbocycles. The second-order valence-electron chi connectivity index (χ2n) is 5.81. The van der Waals surface area contributed by atoms with Crippen LogP contribution in [0, 0.1) is 5.92 Å². The Morgan fingerprint density at radius 1 is 1.52 bits per heavy atom. The van der Waals surface area contributed by atoms with E-state index in [1.165, 1.54) is 6.42 Å². The van der Waals surface area contributed by atoms with Gasteiger partial charge in [-0.3, -0.25) is 9.58 Å². The van der Waals surface area contributed by atoms with Gasteiger partial charge in [-0.15, -0.1) is 0 Å². The fraction of sp³-hybridized carbons (Fsp3) is 0.733. The number of nitrogens with zero attached hydrogens (tertiary/aromatic N) is 3. The van der Waals surface area contributed by atoms with Gasteiger partial charge in [0.1, 0.15) is 5.56 Å². The predicted molar refractivity (Wildman–Crippen MR) is 80.8 cm³/mol. The molecule has 2 N–H and O–H groups in total. The summed E-state index contributed by atoms with van der Waals surface area (Å²) in [4.78, 5) is 14.4. The van der Waals surface area contributed by atoms with Crippen LogP contribution in [0.25, 0.3) is 0 Å². The maximum Gasteiger partial charge on any atom is 0.341 e. The average molecular weight is 294 g/mol. The Kier molecular flexibility index (Phi) is 5.36. The Labute approximate surface area is 126 Å². The maximum absolute atomic E-state index is 12.0. The van der Waals surface area contributed by atoms with E-state index >= 15 is 0 Å². The van der Waals surface area contributed by atoms with Gasteiger partial charge in [-0.1, -0.05) is 0 Å². The van der Waals surface area contributed by atoms with Crippen LogP contribution in [0.3, 0.4) is 0 Å². The first-order chi connectivity index (χ1) is 10.1. The van der Waals surface area contributed by atoms with Gasteiger partial charge >= 0.3 is 5.97 Å². The van der Waals surface area contributed by atoms with E-state index in [4.69, 9.17) is 10.5 Å². The van der Waals surface area contributed by atoms with E-state index in [1.807, 2.05) is 14.0 Å². The zero-order chi connectivity index (χ0) is 15.4. The van der Waals surface area contributed by atoms with Crippen molar-refractivity contribution in [3.05, 3.63) is 17.5 Å². The highest BCUT2D eigenvalue weighted by Crippen LogP contribution is 2.24. The molecule has 0 radical (unpaired) electrons. The van der Waals surface area contributed by atoms with E-state index in [0.29, 0.717) is 30.7 Å². The van der Waals surface area contributed by atoms with Gasteiger partial charge < -0.3 is 10.5 Å². The molecule has 118 valence electrons. The number of ether oxygens (including phenoxy) is 1. The van der Waals surface area contributed by atoms with Gasteiger partial charge in [0.2, 0.25) is 0 Å². The summed E-state index contributed by atoms with van der Waals surface area (Å²) in [5, 5.41) is 4.21. The molecule has 0 bridgehead atoms. The van der Waals surface area contributed by atoms with Crippen LogP contribution >= 0.6 is 0 Å². The summed E-state index contributed by atoms with van der Waals surface area (Å²) in [6, 6.07) is 0.498. The first kappa shape index (κ1) is 16.0. The van der Waals surface area contributed by atoms with Gasteiger partial charge in [-0.25, -0.2) is 4.79 Å². The fourth-order valence-electron chi connectivity index (χ4n) is 2.90. The number of aromatic nitrogens is 2. The van der Waals surface area contributed by atoms with Gasteiger partial charge in [-0.2, -0.15) is 5.10 Å². The van der Waals surface area contributed by atoms with Gasteiger partial charge in [0.25, 0.3) is 0 Å². The molecule has 1 aromatic heterocycles. The van der Waals surface area contributed by atoms with E-state index in [9.17, 15) is 4.79 Å². The molecule has 1 saturated heterocycles. The number of rotatable bonds is 5. The predicted octanol–water partition coefficient (Wildman–Crippen LogP) is 1.16. The number of carbonyl (C=O) groups excluding carboxylic acids is 1. The Morgan fingerprint density at radius 3 is 2.95 bits per heavy atom. The summed E-state index contributed by atoms with van der Waals surface area (Å²) in [6.07, 6.45) is 3.93. The molecule has 0 aliphatic carbocycles. The first-order valence-corrected chi connectivity index (χ1v) is 7.68. The number of aryl methyl sites for hydroxylation is 1. The number of carbonyl (C=O) groups is 1. The molecule has 0 spiro atoms. The van der Waals surface area contributed by atoms with Crippen molar-refractivity contribution < 1.29 is 9.53 Å². The normalized spacial score (nSPS) is 23.2. The minimum atomic E-state index is -0.291. The monoisotopic (exact) mass is 294 g/mol. The minimum absolute atomic E-state index is 0.291. The lowest BCUT2D eigenvalue weighted by atomic mass is 9.93. The second-order valence-corrected chi connectivity index (χ2v) is 5.81. The van der Waals surface area contributed by atoms with Crippen LogP contribution < -0.4 is 5.73 Å². The van der Waals surface area contributed by atoms with Crippen molar-refractivity contribution in [1.29, 1.82) is 0 Å². The van der Waals surface area contributed by atoms with Crippen LogP contribution in [-0.2, 0) is 18.3 Å². The molecule has 1 fully saturated rings. The van der Waals surface area contributed by atoms with Gasteiger partial charge in [-0.05, 0) is 39.2 Å². The van der Waals surface area contributed by atoms with Gasteiger partial charge in [0.05, 0.1) is 18.5 Å². The lowest BCUT2D eigenvalue weighted by molar-refractivity contribution is 0.0520. The van der Waals surface area contributed by atoms with Crippen molar-refractivity contribution in [2.75, 3.05) is 19.7 Å². The molecule has 0 amide bonds. The van der Waals surface area contributed by atoms with E-state index in [2.05, 4.69) is 16.9 Å². The molecule has 6 nitrogen and oxygen atoms in total. The number of hydrogen-bond acceptors (Lipinski definition) is 5. The van der Waals surface area contributed by atoms with Crippen LogP contribution in [0.5, 0.6) is 0 Å². The van der Waals surface area contributed by atoms with Crippen molar-refractivity contribution in [3.8, 4) is 0 Å². The quantitative estimate of drug-likeness (QED) is 0.825. The summed E-state index contributed by atoms with van der Waals surface area (Å²) >= 11 is 0. The molecule has 1 aromatic rings. The molecular weight excluding hydrogens is 268 g/mol. The van der Waals surface area contributed by atoms with Gasteiger partial charge in [0, 0.05) is 26.2 Å². The Bertz CT molecular complexity index is 486. The van der Waals surface area contributed by atoms with Crippen molar-refractivity contribution in [1.82, 2.24) is 14.7 Å². The number of esters is 1. The summed E-state index contributed by atoms with van der Waals surface area (Å²) in [6.45, 7) is 6.83. The molecule has 21 heavy (non-hydrogen) atoms. The molecule has 6 heteroatoms. The largest absolute Gasteiger partial charge is 0.462 e. The lowest BCUT2D eigenvalue weighted by Crippen LogP contribution is -2.43. The highest BCUT2D eigenvalue weighted by atomic mass is 16.5. The first-order valence-electron chi connectivity index (χ1n) is 7.68. The van der Waals surface area contributed by atoms with Crippen LogP contribution in [-0.4, -0.2) is 46.4 Å². The topological polar surface area (TPSA) is 73.4 Å². The zero-order valence-electron chi connectivity index (χ0n) is 13.2. The zero-order valence-corrected chi connectivity index (χ0v) is 13.2. The molecule has 2 unspecified atom stereocenters. The standard InChI is InChI=1S/C15H26N4O2/c1-4-21-15(20)13-8-17-18(3)14(13)10-19-9-12(7-16)6-5-11(19)2/h8,11-12H,4-7,9-10,16H2,1-3H3. The third-order valence-corrected chi connectivity index (χ3v) is 4.35. The summed E-state index contributed by atoms with van der Waals surface area (Å²) < 4.78 is 6.88. The van der Waals surface area contributed by atoms with Crippen molar-refractivity contribution in [3.63, 3.8) is 0 Å². The molecule has 2 rings (SSSR count). The number of likely N-dealkylation sites (tertiary alicyclic amines) is 1. The highest BCUT2D eigenvalue weighted by Gasteiger charge is 2.27. The maximum atomic E-state index is 12.0. The van der Waals surface area contributed by atoms with Crippen molar-refractivity contribution in [2.24, 2.45) is 18.7 Å². The van der Waals surface area contributed by atoms with E-state index < -0.39 is 0 Å². The molecule has 2 heterocycles. The highest BCUT2D eigenvalue weighted by molar-refractivity contribution is 5.90. The van der Waals surface area contributed by atoms with E-state index in [0.717, 1.165) is 25.2 Å². The van der Waals surface area contributed by atoms with E-state index in [-0.39, 0.29) is 5.97 Å². The average Bonchev–Trinajstić information content (AvgIpc) is 2.83. The smallest absolute Gasteiger partial charge is 0.341 e. The number of hydrogen-bond donors (Lipinski definition) is 1. The molecule has 1 aliphatic rings.